The highest BCUT2D eigenvalue weighted by Crippen LogP contribution is 2.46. The molecular weight excluding hydrogens is 186 g/mol. The van der Waals surface area contributed by atoms with Gasteiger partial charge in [-0.3, -0.25) is 4.79 Å². The number of hydrogen-bond acceptors (Lipinski definition) is 1. The summed E-state index contributed by atoms with van der Waals surface area (Å²) < 4.78 is 0. The molecule has 1 amide bonds. The van der Waals surface area contributed by atoms with Crippen molar-refractivity contribution in [3.8, 4) is 0 Å². The molecule has 2 heteroatoms. The fourth-order valence-electron chi connectivity index (χ4n) is 3.10. The van der Waals surface area contributed by atoms with Gasteiger partial charge in [-0.25, -0.2) is 0 Å². The van der Waals surface area contributed by atoms with Crippen LogP contribution in [0.5, 0.6) is 0 Å². The second-order valence-corrected chi connectivity index (χ2v) is 6.42. The maximum absolute atomic E-state index is 12.2. The van der Waals surface area contributed by atoms with Gasteiger partial charge < -0.3 is 5.32 Å². The number of hydrogen-bond donors (Lipinski definition) is 1. The van der Waals surface area contributed by atoms with Crippen LogP contribution in [0, 0.1) is 10.8 Å². The largest absolute Gasteiger partial charge is 0.352 e. The summed E-state index contributed by atoms with van der Waals surface area (Å²) in [5.74, 6) is 0.339. The maximum atomic E-state index is 12.2. The highest BCUT2D eigenvalue weighted by Gasteiger charge is 2.46. The minimum absolute atomic E-state index is 0.0295. The van der Waals surface area contributed by atoms with Gasteiger partial charge in [-0.2, -0.15) is 0 Å². The summed E-state index contributed by atoms with van der Waals surface area (Å²) in [5, 5.41) is 3.25. The molecule has 0 bridgehead atoms. The number of piperidine rings is 1. The highest BCUT2D eigenvalue weighted by atomic mass is 16.2. The van der Waals surface area contributed by atoms with Crippen LogP contribution in [-0.2, 0) is 4.79 Å². The fraction of sp³-hybridized carbons (Fsp3) is 0.923. The predicted octanol–water partition coefficient (Wildman–Crippen LogP) is 2.87. The first-order valence-corrected chi connectivity index (χ1v) is 6.25. The van der Waals surface area contributed by atoms with Gasteiger partial charge in [0.1, 0.15) is 0 Å². The van der Waals surface area contributed by atoms with Crippen LogP contribution < -0.4 is 5.32 Å². The fourth-order valence-corrected chi connectivity index (χ4v) is 3.10. The molecule has 1 spiro atoms. The first kappa shape index (κ1) is 11.0. The average molecular weight is 209 g/mol. The van der Waals surface area contributed by atoms with E-state index in [-0.39, 0.29) is 10.8 Å². The second kappa shape index (κ2) is 3.50. The van der Waals surface area contributed by atoms with Gasteiger partial charge in [0.15, 0.2) is 0 Å². The molecule has 1 aliphatic carbocycles. The molecule has 0 radical (unpaired) electrons. The van der Waals surface area contributed by atoms with Crippen molar-refractivity contribution < 1.29 is 4.79 Å². The molecule has 2 fully saturated rings. The number of nitrogens with one attached hydrogen (secondary N) is 1. The van der Waals surface area contributed by atoms with Crippen LogP contribution in [0.2, 0.25) is 0 Å². The molecule has 2 rings (SSSR count). The van der Waals surface area contributed by atoms with Crippen LogP contribution in [0.25, 0.3) is 0 Å². The van der Waals surface area contributed by atoms with E-state index in [1.165, 1.54) is 12.8 Å². The molecule has 1 aliphatic heterocycles. The van der Waals surface area contributed by atoms with Crippen LogP contribution in [-0.4, -0.2) is 11.9 Å². The normalized spacial score (nSPS) is 30.6. The van der Waals surface area contributed by atoms with Crippen molar-refractivity contribution in [2.24, 2.45) is 10.8 Å². The highest BCUT2D eigenvalue weighted by molar-refractivity contribution is 5.84. The van der Waals surface area contributed by atoms with Gasteiger partial charge >= 0.3 is 0 Å². The topological polar surface area (TPSA) is 29.1 Å². The van der Waals surface area contributed by atoms with E-state index in [0.29, 0.717) is 11.9 Å². The maximum Gasteiger partial charge on any atom is 0.226 e. The summed E-state index contributed by atoms with van der Waals surface area (Å²) >= 11 is 0. The molecule has 0 aromatic heterocycles. The van der Waals surface area contributed by atoms with Crippen molar-refractivity contribution in [1.82, 2.24) is 5.32 Å². The average Bonchev–Trinajstić information content (AvgIpc) is 2.58. The lowest BCUT2D eigenvalue weighted by molar-refractivity contribution is -0.136. The van der Waals surface area contributed by atoms with E-state index >= 15 is 0 Å². The quantitative estimate of drug-likeness (QED) is 0.653. The molecule has 1 heterocycles. The summed E-state index contributed by atoms with van der Waals surface area (Å²) in [6.45, 7) is 6.64. The molecule has 0 aromatic rings. The molecule has 1 N–H and O–H groups in total. The molecule has 1 saturated heterocycles. The van der Waals surface area contributed by atoms with E-state index in [1.807, 2.05) is 0 Å². The molecular formula is C13H23NO. The van der Waals surface area contributed by atoms with Crippen LogP contribution in [0.15, 0.2) is 0 Å². The van der Waals surface area contributed by atoms with Crippen LogP contribution in [0.4, 0.5) is 0 Å². The zero-order valence-corrected chi connectivity index (χ0v) is 10.2. The van der Waals surface area contributed by atoms with Gasteiger partial charge in [-0.05, 0) is 31.1 Å². The van der Waals surface area contributed by atoms with Gasteiger partial charge in [-0.15, -0.1) is 0 Å². The van der Waals surface area contributed by atoms with E-state index in [9.17, 15) is 4.79 Å². The van der Waals surface area contributed by atoms with Crippen molar-refractivity contribution in [2.75, 3.05) is 0 Å². The lowest BCUT2D eigenvalue weighted by atomic mass is 9.72. The Balaban J connectivity index is 2.06. The zero-order chi connectivity index (χ0) is 11.1. The first-order chi connectivity index (χ1) is 6.94. The summed E-state index contributed by atoms with van der Waals surface area (Å²) in [6.07, 6.45) is 7.00. The second-order valence-electron chi connectivity index (χ2n) is 6.42. The SMILES string of the molecule is CC(C)(C)C1CCC2(CCCC2)C(=O)N1. The van der Waals surface area contributed by atoms with Crippen LogP contribution in [0.3, 0.4) is 0 Å². The molecule has 1 saturated carbocycles. The Morgan fingerprint density at radius 3 is 2.27 bits per heavy atom. The molecule has 1 atom stereocenters. The minimum atomic E-state index is 0.0295. The monoisotopic (exact) mass is 209 g/mol. The lowest BCUT2D eigenvalue weighted by Crippen LogP contribution is -2.54. The van der Waals surface area contributed by atoms with E-state index in [0.717, 1.165) is 25.7 Å². The molecule has 0 aromatic carbocycles. The molecule has 2 nitrogen and oxygen atoms in total. The number of rotatable bonds is 0. The van der Waals surface area contributed by atoms with Crippen molar-refractivity contribution in [3.63, 3.8) is 0 Å². The van der Waals surface area contributed by atoms with Crippen LogP contribution in [0.1, 0.15) is 59.3 Å². The van der Waals surface area contributed by atoms with Gasteiger partial charge in [0.2, 0.25) is 5.91 Å². The number of carbonyl (C=O) groups excluding carboxylic acids is 1. The zero-order valence-electron chi connectivity index (χ0n) is 10.2. The van der Waals surface area contributed by atoms with Crippen molar-refractivity contribution in [2.45, 2.75) is 65.3 Å². The van der Waals surface area contributed by atoms with Crippen molar-refractivity contribution in [3.05, 3.63) is 0 Å². The Morgan fingerprint density at radius 1 is 1.20 bits per heavy atom. The van der Waals surface area contributed by atoms with Crippen molar-refractivity contribution in [1.29, 1.82) is 0 Å². The summed E-state index contributed by atoms with van der Waals surface area (Å²) in [6, 6.07) is 0.372. The van der Waals surface area contributed by atoms with Gasteiger partial charge in [0.05, 0.1) is 0 Å². The van der Waals surface area contributed by atoms with Gasteiger partial charge in [0.25, 0.3) is 0 Å². The molecule has 86 valence electrons. The summed E-state index contributed by atoms with van der Waals surface area (Å²) in [4.78, 5) is 12.2. The van der Waals surface area contributed by atoms with Crippen molar-refractivity contribution >= 4 is 5.91 Å². The van der Waals surface area contributed by atoms with Gasteiger partial charge in [-0.1, -0.05) is 33.6 Å². The smallest absolute Gasteiger partial charge is 0.226 e. The third-order valence-corrected chi connectivity index (χ3v) is 4.30. The Labute approximate surface area is 92.8 Å². The number of amides is 1. The van der Waals surface area contributed by atoms with E-state index in [1.54, 1.807) is 0 Å². The molecule has 15 heavy (non-hydrogen) atoms. The Morgan fingerprint density at radius 2 is 1.80 bits per heavy atom. The first-order valence-electron chi connectivity index (χ1n) is 6.25. The molecule has 1 unspecified atom stereocenters. The molecule has 2 aliphatic rings. The third kappa shape index (κ3) is 1.91. The van der Waals surface area contributed by atoms with Crippen LogP contribution >= 0.6 is 0 Å². The lowest BCUT2D eigenvalue weighted by Gasteiger charge is -2.42. The Kier molecular flexibility index (Phi) is 2.56. The standard InChI is InChI=1S/C13H23NO/c1-12(2,3)10-6-9-13(11(15)14-10)7-4-5-8-13/h10H,4-9H2,1-3H3,(H,14,15). The number of carbonyl (C=O) groups is 1. The van der Waals surface area contributed by atoms with Gasteiger partial charge in [0, 0.05) is 11.5 Å². The summed E-state index contributed by atoms with van der Waals surface area (Å²) in [7, 11) is 0. The Hall–Kier alpha value is -0.530. The van der Waals surface area contributed by atoms with E-state index in [4.69, 9.17) is 0 Å². The summed E-state index contributed by atoms with van der Waals surface area (Å²) in [5.41, 5.74) is 0.234. The third-order valence-electron chi connectivity index (χ3n) is 4.30. The minimum Gasteiger partial charge on any atom is -0.352 e. The van der Waals surface area contributed by atoms with E-state index < -0.39 is 0 Å². The van der Waals surface area contributed by atoms with E-state index in [2.05, 4.69) is 26.1 Å². The predicted molar refractivity (Wildman–Crippen MR) is 61.5 cm³/mol. The Bertz CT molecular complexity index is 258.